The van der Waals surface area contributed by atoms with E-state index in [2.05, 4.69) is 9.62 Å². The molecule has 9 heteroatoms. The van der Waals surface area contributed by atoms with Gasteiger partial charge in [0.1, 0.15) is 0 Å². The number of hydrogen-bond acceptors (Lipinski definition) is 6. The first-order chi connectivity index (χ1) is 15.4. The first kappa shape index (κ1) is 23.4. The van der Waals surface area contributed by atoms with Gasteiger partial charge in [0, 0.05) is 19.6 Å². The van der Waals surface area contributed by atoms with Gasteiger partial charge in [-0.05, 0) is 49.9 Å². The van der Waals surface area contributed by atoms with Crippen LogP contribution in [0.1, 0.15) is 43.2 Å². The maximum atomic E-state index is 12.9. The Morgan fingerprint density at radius 3 is 2.38 bits per heavy atom. The highest BCUT2D eigenvalue weighted by atomic mass is 32.2. The number of morpholine rings is 1. The molecular formula is C23H33N3O5S. The van der Waals surface area contributed by atoms with Crippen LogP contribution in [-0.2, 0) is 30.9 Å². The van der Waals surface area contributed by atoms with E-state index in [-0.39, 0.29) is 35.1 Å². The third kappa shape index (κ3) is 5.06. The minimum Gasteiger partial charge on any atom is -0.379 e. The summed E-state index contributed by atoms with van der Waals surface area (Å²) in [5.41, 5.74) is 1.30. The molecule has 176 valence electrons. The van der Waals surface area contributed by atoms with Crippen molar-refractivity contribution in [1.29, 1.82) is 0 Å². The van der Waals surface area contributed by atoms with Crippen LogP contribution in [0.25, 0.3) is 0 Å². The minimum absolute atomic E-state index is 0.106. The highest BCUT2D eigenvalue weighted by Crippen LogP contribution is 2.38. The summed E-state index contributed by atoms with van der Waals surface area (Å²) in [6, 6.07) is 5.15. The molecule has 1 aromatic rings. The number of amides is 2. The average Bonchev–Trinajstić information content (AvgIpc) is 3.03. The smallest absolute Gasteiger partial charge is 0.240 e. The number of carbonyl (C=O) groups is 2. The van der Waals surface area contributed by atoms with E-state index < -0.39 is 10.0 Å². The number of hydrogen-bond donors (Lipinski definition) is 1. The number of likely N-dealkylation sites (tertiary alicyclic amines) is 1. The predicted octanol–water partition coefficient (Wildman–Crippen LogP) is 1.67. The van der Waals surface area contributed by atoms with Crippen LogP contribution in [0, 0.1) is 18.8 Å². The largest absolute Gasteiger partial charge is 0.379 e. The van der Waals surface area contributed by atoms with Crippen molar-refractivity contribution in [1.82, 2.24) is 14.5 Å². The van der Waals surface area contributed by atoms with Gasteiger partial charge >= 0.3 is 0 Å². The molecular weight excluding hydrogens is 430 g/mol. The molecule has 2 aliphatic heterocycles. The van der Waals surface area contributed by atoms with E-state index in [4.69, 9.17) is 4.74 Å². The molecule has 8 nitrogen and oxygen atoms in total. The first-order valence-corrected chi connectivity index (χ1v) is 13.1. The summed E-state index contributed by atoms with van der Waals surface area (Å²) < 4.78 is 33.9. The molecule has 32 heavy (non-hydrogen) atoms. The van der Waals surface area contributed by atoms with Crippen LogP contribution in [-0.4, -0.2) is 69.4 Å². The van der Waals surface area contributed by atoms with Gasteiger partial charge in [-0.15, -0.1) is 0 Å². The monoisotopic (exact) mass is 463 g/mol. The maximum absolute atomic E-state index is 12.9. The fourth-order valence-electron chi connectivity index (χ4n) is 5.01. The van der Waals surface area contributed by atoms with Crippen LogP contribution in [0.3, 0.4) is 0 Å². The van der Waals surface area contributed by atoms with Crippen LogP contribution in [0.2, 0.25) is 0 Å². The van der Waals surface area contributed by atoms with E-state index in [0.29, 0.717) is 17.7 Å². The molecule has 0 unspecified atom stereocenters. The zero-order chi connectivity index (χ0) is 22.7. The molecule has 2 amide bonds. The van der Waals surface area contributed by atoms with E-state index in [9.17, 15) is 18.0 Å². The van der Waals surface area contributed by atoms with Gasteiger partial charge < -0.3 is 4.74 Å². The number of rotatable bonds is 8. The number of sulfonamides is 1. The summed E-state index contributed by atoms with van der Waals surface area (Å²) in [4.78, 5) is 29.3. The quantitative estimate of drug-likeness (QED) is 0.465. The third-order valence-electron chi connectivity index (χ3n) is 6.86. The van der Waals surface area contributed by atoms with Gasteiger partial charge in [-0.3, -0.25) is 19.4 Å². The van der Waals surface area contributed by atoms with Gasteiger partial charge in [0.05, 0.1) is 36.5 Å². The summed E-state index contributed by atoms with van der Waals surface area (Å²) in [6.07, 6.45) is 4.23. The van der Waals surface area contributed by atoms with Gasteiger partial charge in [0.25, 0.3) is 0 Å². The number of nitrogens with zero attached hydrogens (tertiary/aromatic N) is 2. The number of aryl methyl sites for hydroxylation is 1. The lowest BCUT2D eigenvalue weighted by molar-refractivity contribution is -0.140. The zero-order valence-electron chi connectivity index (χ0n) is 18.7. The molecule has 1 N–H and O–H groups in total. The van der Waals surface area contributed by atoms with Crippen LogP contribution in [0.5, 0.6) is 0 Å². The van der Waals surface area contributed by atoms with Crippen LogP contribution < -0.4 is 4.72 Å². The van der Waals surface area contributed by atoms with E-state index >= 15 is 0 Å². The van der Waals surface area contributed by atoms with Crippen LogP contribution in [0.15, 0.2) is 23.1 Å². The summed E-state index contributed by atoms with van der Waals surface area (Å²) in [6.45, 7) is 6.27. The number of ether oxygens (including phenoxy) is 1. The van der Waals surface area contributed by atoms with Gasteiger partial charge in [0.15, 0.2) is 0 Å². The molecule has 0 radical (unpaired) electrons. The van der Waals surface area contributed by atoms with Gasteiger partial charge in [-0.1, -0.05) is 25.0 Å². The van der Waals surface area contributed by atoms with E-state index in [1.807, 2.05) is 0 Å². The molecule has 0 bridgehead atoms. The van der Waals surface area contributed by atoms with E-state index in [0.717, 1.165) is 65.0 Å². The third-order valence-corrected chi connectivity index (χ3v) is 8.47. The Balaban J connectivity index is 1.39. The lowest BCUT2D eigenvalue weighted by atomic mass is 9.81. The fraction of sp³-hybridized carbons (Fsp3) is 0.652. The number of imide groups is 1. The first-order valence-electron chi connectivity index (χ1n) is 11.6. The van der Waals surface area contributed by atoms with Gasteiger partial charge in [-0.25, -0.2) is 13.1 Å². The van der Waals surface area contributed by atoms with E-state index in [1.54, 1.807) is 25.1 Å². The number of fused-ring (bicyclic) bond motifs is 1. The SMILES string of the molecule is Cc1ccc(CN2C(=O)[C@@H]3CCCC[C@H]3C2=O)cc1S(=O)(=O)NCCCN1CCOCC1. The predicted molar refractivity (Wildman–Crippen MR) is 119 cm³/mol. The van der Waals surface area contributed by atoms with Crippen LogP contribution in [0.4, 0.5) is 0 Å². The molecule has 3 fully saturated rings. The molecule has 1 saturated carbocycles. The van der Waals surface area contributed by atoms with Crippen molar-refractivity contribution < 1.29 is 22.7 Å². The summed E-state index contributed by atoms with van der Waals surface area (Å²) in [5, 5.41) is 0. The lowest BCUT2D eigenvalue weighted by Crippen LogP contribution is -2.38. The molecule has 1 aliphatic carbocycles. The Hall–Kier alpha value is -1.81. The van der Waals surface area contributed by atoms with Gasteiger partial charge in [0.2, 0.25) is 21.8 Å². The number of carbonyl (C=O) groups excluding carboxylic acids is 2. The fourth-order valence-corrected chi connectivity index (χ4v) is 6.38. The van der Waals surface area contributed by atoms with Crippen molar-refractivity contribution in [3.05, 3.63) is 29.3 Å². The Labute approximate surface area is 190 Å². The second kappa shape index (κ2) is 9.99. The standard InChI is InChI=1S/C23H33N3O5S/c1-17-7-8-18(16-26-22(27)19-5-2-3-6-20(19)23(26)28)15-21(17)32(29,30)24-9-4-10-25-11-13-31-14-12-25/h7-8,15,19-20,24H,2-6,9-14,16H2,1H3/t19-,20-/m1/s1. The number of nitrogens with one attached hydrogen (secondary N) is 1. The van der Waals surface area contributed by atoms with Crippen molar-refractivity contribution in [3.63, 3.8) is 0 Å². The van der Waals surface area contributed by atoms with Crippen molar-refractivity contribution in [2.24, 2.45) is 11.8 Å². The lowest BCUT2D eigenvalue weighted by Gasteiger charge is -2.26. The molecule has 2 heterocycles. The Morgan fingerprint density at radius 2 is 1.72 bits per heavy atom. The molecule has 0 aromatic heterocycles. The highest BCUT2D eigenvalue weighted by molar-refractivity contribution is 7.89. The highest BCUT2D eigenvalue weighted by Gasteiger charge is 2.47. The second-order valence-corrected chi connectivity index (χ2v) is 10.8. The zero-order valence-corrected chi connectivity index (χ0v) is 19.5. The molecule has 1 aromatic carbocycles. The van der Waals surface area contributed by atoms with Crippen molar-refractivity contribution in [2.75, 3.05) is 39.4 Å². The molecule has 2 saturated heterocycles. The molecule has 2 atom stereocenters. The topological polar surface area (TPSA) is 96.0 Å². The molecule has 4 rings (SSSR count). The Morgan fingerprint density at radius 1 is 1.06 bits per heavy atom. The normalized spacial score (nSPS) is 24.7. The van der Waals surface area contributed by atoms with Crippen molar-refractivity contribution in [3.8, 4) is 0 Å². The number of benzene rings is 1. The maximum Gasteiger partial charge on any atom is 0.240 e. The second-order valence-electron chi connectivity index (χ2n) is 9.07. The van der Waals surface area contributed by atoms with Gasteiger partial charge in [-0.2, -0.15) is 0 Å². The average molecular weight is 464 g/mol. The molecule has 3 aliphatic rings. The van der Waals surface area contributed by atoms with Crippen molar-refractivity contribution in [2.45, 2.75) is 50.5 Å². The minimum atomic E-state index is -3.68. The van der Waals surface area contributed by atoms with Crippen LogP contribution >= 0.6 is 0 Å². The summed E-state index contributed by atoms with van der Waals surface area (Å²) in [7, 11) is -3.68. The van der Waals surface area contributed by atoms with E-state index in [1.165, 1.54) is 4.90 Å². The summed E-state index contributed by atoms with van der Waals surface area (Å²) >= 11 is 0. The Kier molecular flexibility index (Phi) is 7.29. The molecule has 0 spiro atoms. The van der Waals surface area contributed by atoms with Crippen molar-refractivity contribution >= 4 is 21.8 Å². The Bertz CT molecular complexity index is 934. The summed E-state index contributed by atoms with van der Waals surface area (Å²) in [5.74, 6) is -0.604.